The van der Waals surface area contributed by atoms with Crippen molar-refractivity contribution in [1.82, 2.24) is 10.2 Å². The minimum atomic E-state index is -4.63. The summed E-state index contributed by atoms with van der Waals surface area (Å²) in [4.78, 5) is 11.7. The Balaban J connectivity index is 2.38. The van der Waals surface area contributed by atoms with Crippen molar-refractivity contribution in [3.63, 3.8) is 0 Å². The number of aryl methyl sites for hydroxylation is 1. The van der Waals surface area contributed by atoms with Crippen molar-refractivity contribution in [2.75, 3.05) is 11.3 Å². The van der Waals surface area contributed by atoms with E-state index < -0.39 is 32.8 Å². The fourth-order valence-electron chi connectivity index (χ4n) is 2.03. The lowest BCUT2D eigenvalue weighted by Crippen LogP contribution is -2.18. The number of H-pyrrole nitrogens is 1. The van der Waals surface area contributed by atoms with Gasteiger partial charge in [0, 0.05) is 5.69 Å². The number of ether oxygens (including phenoxy) is 1. The molecule has 11 heteroatoms. The molecule has 0 aliphatic carbocycles. The summed E-state index contributed by atoms with van der Waals surface area (Å²) < 4.78 is 70.2. The molecule has 0 saturated carbocycles. The fourth-order valence-corrected chi connectivity index (χ4v) is 3.17. The van der Waals surface area contributed by atoms with Gasteiger partial charge in [0.1, 0.15) is 5.56 Å². The Kier molecular flexibility index (Phi) is 5.07. The van der Waals surface area contributed by atoms with Crippen molar-refractivity contribution < 1.29 is 31.1 Å². The molecule has 7 nitrogen and oxygen atoms in total. The summed E-state index contributed by atoms with van der Waals surface area (Å²) in [6.45, 7) is 2.81. The van der Waals surface area contributed by atoms with E-state index in [-0.39, 0.29) is 23.4 Å². The van der Waals surface area contributed by atoms with Gasteiger partial charge in [-0.05, 0) is 31.5 Å². The zero-order chi connectivity index (χ0) is 18.8. The van der Waals surface area contributed by atoms with Crippen molar-refractivity contribution in [2.24, 2.45) is 0 Å². The molecule has 2 rings (SSSR count). The number of benzene rings is 1. The van der Waals surface area contributed by atoms with Gasteiger partial charge in [-0.1, -0.05) is 6.07 Å². The van der Waals surface area contributed by atoms with E-state index in [1.165, 1.54) is 19.9 Å². The molecule has 1 aromatic carbocycles. The monoisotopic (exact) mass is 377 g/mol. The van der Waals surface area contributed by atoms with Crippen molar-refractivity contribution in [1.29, 1.82) is 0 Å². The van der Waals surface area contributed by atoms with Crippen molar-refractivity contribution in [3.8, 4) is 0 Å². The lowest BCUT2D eigenvalue weighted by molar-refractivity contribution is -0.138. The van der Waals surface area contributed by atoms with E-state index in [1.807, 2.05) is 4.72 Å². The number of anilines is 1. The zero-order valence-electron chi connectivity index (χ0n) is 13.1. The Hall–Kier alpha value is -2.56. The van der Waals surface area contributed by atoms with Crippen LogP contribution in [0.4, 0.5) is 18.9 Å². The number of aromatic amines is 1. The number of carbonyl (C=O) groups is 1. The molecule has 0 radical (unpaired) electrons. The third-order valence-electron chi connectivity index (χ3n) is 3.16. The maximum absolute atomic E-state index is 12.9. The number of alkyl halides is 3. The number of hydrogen-bond donors (Lipinski definition) is 2. The van der Waals surface area contributed by atoms with E-state index in [0.717, 1.165) is 12.3 Å². The Bertz CT molecular complexity index is 891. The van der Waals surface area contributed by atoms with Crippen LogP contribution < -0.4 is 4.72 Å². The average molecular weight is 377 g/mol. The van der Waals surface area contributed by atoms with E-state index in [0.29, 0.717) is 6.07 Å². The number of esters is 1. The second kappa shape index (κ2) is 6.75. The quantitative estimate of drug-likeness (QED) is 0.780. The predicted molar refractivity (Wildman–Crippen MR) is 81.5 cm³/mol. The van der Waals surface area contributed by atoms with Crippen LogP contribution in [-0.2, 0) is 20.9 Å². The van der Waals surface area contributed by atoms with Crippen LogP contribution in [-0.4, -0.2) is 31.2 Å². The number of sulfonamides is 1. The first-order valence-corrected chi connectivity index (χ1v) is 8.45. The molecule has 0 unspecified atom stereocenters. The lowest BCUT2D eigenvalue weighted by Gasteiger charge is -2.13. The van der Waals surface area contributed by atoms with Crippen LogP contribution in [0, 0.1) is 6.92 Å². The predicted octanol–water partition coefficient (Wildman–Crippen LogP) is 2.71. The van der Waals surface area contributed by atoms with E-state index >= 15 is 0 Å². The molecule has 0 saturated heterocycles. The molecular formula is C14H14F3N3O4S. The summed E-state index contributed by atoms with van der Waals surface area (Å²) in [6, 6.07) is 3.00. The summed E-state index contributed by atoms with van der Waals surface area (Å²) in [5, 5.41) is 5.02. The number of halogens is 3. The topological polar surface area (TPSA) is 101 Å². The largest absolute Gasteiger partial charge is 0.462 e. The first kappa shape index (κ1) is 18.8. The number of rotatable bonds is 5. The highest BCUT2D eigenvalue weighted by Crippen LogP contribution is 2.34. The van der Waals surface area contributed by atoms with Crippen molar-refractivity contribution >= 4 is 21.7 Å². The van der Waals surface area contributed by atoms with E-state index in [2.05, 4.69) is 10.2 Å². The molecule has 0 aliphatic rings. The first-order chi connectivity index (χ1) is 11.6. The van der Waals surface area contributed by atoms with Crippen LogP contribution in [0.25, 0.3) is 0 Å². The van der Waals surface area contributed by atoms with Gasteiger partial charge in [-0.15, -0.1) is 0 Å². The van der Waals surface area contributed by atoms with E-state index in [1.54, 1.807) is 0 Å². The van der Waals surface area contributed by atoms with Gasteiger partial charge in [-0.3, -0.25) is 9.82 Å². The average Bonchev–Trinajstić information content (AvgIpc) is 2.98. The first-order valence-electron chi connectivity index (χ1n) is 6.97. The molecule has 0 aliphatic heterocycles. The number of aromatic nitrogens is 2. The number of carbonyl (C=O) groups excluding carboxylic acids is 1. The molecule has 0 fully saturated rings. The highest BCUT2D eigenvalue weighted by atomic mass is 32.2. The smallest absolute Gasteiger partial charge is 0.416 e. The van der Waals surface area contributed by atoms with Gasteiger partial charge in [0.05, 0.1) is 18.4 Å². The molecule has 1 heterocycles. The Morgan fingerprint density at radius 3 is 2.64 bits per heavy atom. The summed E-state index contributed by atoms with van der Waals surface area (Å²) in [5.41, 5.74) is -1.67. The molecule has 0 amide bonds. The lowest BCUT2D eigenvalue weighted by atomic mass is 10.1. The van der Waals surface area contributed by atoms with Crippen LogP contribution in [0.1, 0.15) is 28.4 Å². The SMILES string of the molecule is CCOC(=O)c1cn[nH]c1S(=O)(=O)Nc1ccc(C)c(C(F)(F)F)c1. The highest BCUT2D eigenvalue weighted by molar-refractivity contribution is 7.92. The van der Waals surface area contributed by atoms with Gasteiger partial charge < -0.3 is 4.74 Å². The molecule has 25 heavy (non-hydrogen) atoms. The molecular weight excluding hydrogens is 363 g/mol. The van der Waals surface area contributed by atoms with Crippen LogP contribution in [0.3, 0.4) is 0 Å². The Morgan fingerprint density at radius 1 is 1.36 bits per heavy atom. The van der Waals surface area contributed by atoms with Gasteiger partial charge in [-0.25, -0.2) is 4.79 Å². The molecule has 2 aromatic rings. The molecule has 2 N–H and O–H groups in total. The number of nitrogens with one attached hydrogen (secondary N) is 2. The number of nitrogens with zero attached hydrogens (tertiary/aromatic N) is 1. The van der Waals surface area contributed by atoms with Crippen molar-refractivity contribution in [3.05, 3.63) is 41.1 Å². The summed E-state index contributed by atoms with van der Waals surface area (Å²) >= 11 is 0. The van der Waals surface area contributed by atoms with E-state index in [4.69, 9.17) is 4.74 Å². The second-order valence-electron chi connectivity index (χ2n) is 4.97. The van der Waals surface area contributed by atoms with Gasteiger partial charge in [-0.2, -0.15) is 26.7 Å². The van der Waals surface area contributed by atoms with Crippen molar-refractivity contribution in [2.45, 2.75) is 25.0 Å². The van der Waals surface area contributed by atoms with Crippen LogP contribution in [0.15, 0.2) is 29.4 Å². The molecule has 0 atom stereocenters. The molecule has 0 spiro atoms. The third-order valence-corrected chi connectivity index (χ3v) is 4.52. The molecule has 136 valence electrons. The maximum Gasteiger partial charge on any atom is 0.416 e. The third kappa shape index (κ3) is 4.10. The zero-order valence-corrected chi connectivity index (χ0v) is 14.0. The normalized spacial score (nSPS) is 12.0. The summed E-state index contributed by atoms with van der Waals surface area (Å²) in [5.74, 6) is -0.920. The Morgan fingerprint density at radius 2 is 2.04 bits per heavy atom. The van der Waals surface area contributed by atoms with Crippen LogP contribution in [0.2, 0.25) is 0 Å². The standard InChI is InChI=1S/C14H14F3N3O4S/c1-3-24-13(21)10-7-18-19-12(10)25(22,23)20-9-5-4-8(2)11(6-9)14(15,16)17/h4-7,20H,3H2,1-2H3,(H,18,19). The maximum atomic E-state index is 12.9. The van der Waals surface area contributed by atoms with Gasteiger partial charge in [0.2, 0.25) is 0 Å². The van der Waals surface area contributed by atoms with Crippen LogP contribution >= 0.6 is 0 Å². The highest BCUT2D eigenvalue weighted by Gasteiger charge is 2.33. The van der Waals surface area contributed by atoms with Crippen LogP contribution in [0.5, 0.6) is 0 Å². The minimum absolute atomic E-state index is 0.0177. The van der Waals surface area contributed by atoms with E-state index in [9.17, 15) is 26.4 Å². The summed E-state index contributed by atoms with van der Waals surface area (Å²) in [6.07, 6.45) is -3.67. The number of hydrogen-bond acceptors (Lipinski definition) is 5. The molecule has 1 aromatic heterocycles. The van der Waals surface area contributed by atoms with Gasteiger partial charge in [0.25, 0.3) is 10.0 Å². The Labute approximate surface area is 141 Å². The minimum Gasteiger partial charge on any atom is -0.462 e. The molecule has 0 bridgehead atoms. The van der Waals surface area contributed by atoms with Gasteiger partial charge in [0.15, 0.2) is 5.03 Å². The second-order valence-corrected chi connectivity index (χ2v) is 6.59. The fraction of sp³-hybridized carbons (Fsp3) is 0.286. The summed E-state index contributed by atoms with van der Waals surface area (Å²) in [7, 11) is -4.38. The van der Waals surface area contributed by atoms with Gasteiger partial charge >= 0.3 is 12.1 Å².